The highest BCUT2D eigenvalue weighted by Gasteiger charge is 2.34. The van der Waals surface area contributed by atoms with Gasteiger partial charge in [0.15, 0.2) is 5.11 Å². The number of amides is 2. The van der Waals surface area contributed by atoms with Crippen molar-refractivity contribution >= 4 is 35.1 Å². The molecule has 218 valence electrons. The first-order chi connectivity index (χ1) is 18.8. The van der Waals surface area contributed by atoms with Crippen LogP contribution in [0.3, 0.4) is 0 Å². The smallest absolute Gasteiger partial charge is 0.308 e. The molecule has 1 aromatic rings. The van der Waals surface area contributed by atoms with Crippen LogP contribution in [0.4, 0.5) is 0 Å². The monoisotopic (exact) mass is 561 g/mol. The van der Waals surface area contributed by atoms with Gasteiger partial charge in [-0.05, 0) is 48.8 Å². The zero-order chi connectivity index (χ0) is 28.5. The maximum atomic E-state index is 12.8. The number of thiocarbonyl (C=S) groups is 1. The number of hydrogen-bond donors (Lipinski definition) is 2. The SMILES string of the molecule is CCCCCCCCCCCCOC(=O)CC1C(=O)NCCN1C(=S)NC(=O)c1ccc(OCC(C)C)cc1. The molecule has 2 N–H and O–H groups in total. The van der Waals surface area contributed by atoms with Crippen LogP contribution in [0.5, 0.6) is 5.75 Å². The lowest BCUT2D eigenvalue weighted by Crippen LogP contribution is -2.60. The second-order valence-electron chi connectivity index (χ2n) is 10.6. The standard InChI is InChI=1S/C30H47N3O5S/c1-4-5-6-7-8-9-10-11-12-13-20-37-27(34)21-26-29(36)31-18-19-33(26)30(39)32-28(35)24-14-16-25(17-15-24)38-22-23(2)3/h14-17,23,26H,4-13,18-22H2,1-3H3,(H,31,36)(H,32,35,39). The van der Waals surface area contributed by atoms with E-state index in [1.165, 1.54) is 44.9 Å². The topological polar surface area (TPSA) is 97.0 Å². The van der Waals surface area contributed by atoms with E-state index in [0.717, 1.165) is 19.3 Å². The molecule has 2 amide bonds. The molecule has 0 radical (unpaired) electrons. The molecule has 0 spiro atoms. The van der Waals surface area contributed by atoms with E-state index in [4.69, 9.17) is 21.7 Å². The van der Waals surface area contributed by atoms with Gasteiger partial charge in [0.2, 0.25) is 5.91 Å². The average Bonchev–Trinajstić information content (AvgIpc) is 2.91. The van der Waals surface area contributed by atoms with Gasteiger partial charge in [0.25, 0.3) is 5.91 Å². The zero-order valence-electron chi connectivity index (χ0n) is 24.0. The van der Waals surface area contributed by atoms with Crippen LogP contribution in [-0.4, -0.2) is 60.1 Å². The highest BCUT2D eigenvalue weighted by atomic mass is 32.1. The number of unbranched alkanes of at least 4 members (excludes halogenated alkanes) is 9. The van der Waals surface area contributed by atoms with E-state index in [1.54, 1.807) is 29.2 Å². The van der Waals surface area contributed by atoms with Gasteiger partial charge < -0.3 is 19.7 Å². The molecule has 1 saturated heterocycles. The van der Waals surface area contributed by atoms with Crippen molar-refractivity contribution in [2.45, 2.75) is 97.4 Å². The molecular weight excluding hydrogens is 514 g/mol. The van der Waals surface area contributed by atoms with Crippen molar-refractivity contribution in [3.05, 3.63) is 29.8 Å². The van der Waals surface area contributed by atoms with Gasteiger partial charge >= 0.3 is 5.97 Å². The van der Waals surface area contributed by atoms with Crippen LogP contribution in [0.25, 0.3) is 0 Å². The highest BCUT2D eigenvalue weighted by molar-refractivity contribution is 7.80. The number of carbonyl (C=O) groups is 3. The largest absolute Gasteiger partial charge is 0.493 e. The van der Waals surface area contributed by atoms with Crippen LogP contribution in [0.1, 0.15) is 102 Å². The number of rotatable bonds is 17. The zero-order valence-corrected chi connectivity index (χ0v) is 24.8. The van der Waals surface area contributed by atoms with E-state index in [-0.39, 0.29) is 23.3 Å². The quantitative estimate of drug-likeness (QED) is 0.150. The molecule has 39 heavy (non-hydrogen) atoms. The predicted molar refractivity (Wildman–Crippen MR) is 158 cm³/mol. The van der Waals surface area contributed by atoms with Crippen molar-refractivity contribution in [3.63, 3.8) is 0 Å². The number of carbonyl (C=O) groups excluding carboxylic acids is 3. The number of nitrogens with zero attached hydrogens (tertiary/aromatic N) is 1. The Morgan fingerprint density at radius 1 is 1.03 bits per heavy atom. The van der Waals surface area contributed by atoms with Crippen LogP contribution in [0.15, 0.2) is 24.3 Å². The summed E-state index contributed by atoms with van der Waals surface area (Å²) in [6, 6.07) is 5.99. The van der Waals surface area contributed by atoms with Crippen molar-refractivity contribution in [1.29, 1.82) is 0 Å². The fourth-order valence-corrected chi connectivity index (χ4v) is 4.67. The van der Waals surface area contributed by atoms with Crippen LogP contribution in [0, 0.1) is 5.92 Å². The summed E-state index contributed by atoms with van der Waals surface area (Å²) in [5, 5.41) is 5.58. The molecule has 1 fully saturated rings. The molecular formula is C30H47N3O5S. The lowest BCUT2D eigenvalue weighted by atomic mass is 10.1. The molecule has 1 heterocycles. The Hall–Kier alpha value is -2.68. The van der Waals surface area contributed by atoms with Crippen LogP contribution in [-0.2, 0) is 14.3 Å². The average molecular weight is 562 g/mol. The van der Waals surface area contributed by atoms with E-state index >= 15 is 0 Å². The molecule has 2 rings (SSSR count). The Morgan fingerprint density at radius 2 is 1.64 bits per heavy atom. The first-order valence-electron chi connectivity index (χ1n) is 14.6. The van der Waals surface area contributed by atoms with Crippen molar-refractivity contribution in [2.75, 3.05) is 26.3 Å². The number of hydrogen-bond acceptors (Lipinski definition) is 6. The lowest BCUT2D eigenvalue weighted by molar-refractivity contribution is -0.147. The Morgan fingerprint density at radius 3 is 2.26 bits per heavy atom. The number of nitrogens with one attached hydrogen (secondary N) is 2. The van der Waals surface area contributed by atoms with Crippen LogP contribution >= 0.6 is 12.2 Å². The highest BCUT2D eigenvalue weighted by Crippen LogP contribution is 2.15. The third kappa shape index (κ3) is 12.8. The molecule has 1 atom stereocenters. The molecule has 0 aromatic heterocycles. The summed E-state index contributed by atoms with van der Waals surface area (Å²) in [7, 11) is 0. The van der Waals surface area contributed by atoms with Gasteiger partial charge in [0, 0.05) is 18.7 Å². The second kappa shape index (κ2) is 18.6. The Kier molecular flexibility index (Phi) is 15.5. The van der Waals surface area contributed by atoms with Gasteiger partial charge in [-0.2, -0.15) is 0 Å². The maximum absolute atomic E-state index is 12.8. The van der Waals surface area contributed by atoms with Gasteiger partial charge in [-0.15, -0.1) is 0 Å². The minimum atomic E-state index is -0.821. The molecule has 0 aliphatic carbocycles. The van der Waals surface area contributed by atoms with Gasteiger partial charge in [0.1, 0.15) is 11.8 Å². The summed E-state index contributed by atoms with van der Waals surface area (Å²) < 4.78 is 11.1. The molecule has 1 aromatic carbocycles. The number of benzene rings is 1. The first-order valence-corrected chi connectivity index (χ1v) is 15.0. The Balaban J connectivity index is 1.73. The molecule has 0 bridgehead atoms. The van der Waals surface area contributed by atoms with Crippen molar-refractivity contribution in [1.82, 2.24) is 15.5 Å². The summed E-state index contributed by atoms with van der Waals surface area (Å²) in [6.45, 7) is 8.07. The summed E-state index contributed by atoms with van der Waals surface area (Å²) >= 11 is 5.45. The fraction of sp³-hybridized carbons (Fsp3) is 0.667. The predicted octanol–water partition coefficient (Wildman–Crippen LogP) is 5.39. The summed E-state index contributed by atoms with van der Waals surface area (Å²) in [5.41, 5.74) is 0.420. The van der Waals surface area contributed by atoms with Crippen molar-refractivity contribution < 1.29 is 23.9 Å². The maximum Gasteiger partial charge on any atom is 0.308 e. The molecule has 1 aliphatic heterocycles. The third-order valence-corrected chi connectivity index (χ3v) is 6.97. The molecule has 1 unspecified atom stereocenters. The van der Waals surface area contributed by atoms with E-state index < -0.39 is 12.0 Å². The molecule has 9 heteroatoms. The molecule has 1 aliphatic rings. The number of piperazine rings is 1. The van der Waals surface area contributed by atoms with Crippen molar-refractivity contribution in [3.8, 4) is 5.75 Å². The fourth-order valence-electron chi connectivity index (χ4n) is 4.36. The van der Waals surface area contributed by atoms with E-state index in [2.05, 4.69) is 31.4 Å². The Labute approximate surface area is 239 Å². The minimum Gasteiger partial charge on any atom is -0.493 e. The third-order valence-electron chi connectivity index (χ3n) is 6.63. The number of esters is 1. The van der Waals surface area contributed by atoms with Crippen LogP contribution < -0.4 is 15.4 Å². The van der Waals surface area contributed by atoms with Gasteiger partial charge in [0.05, 0.1) is 19.6 Å². The molecule has 8 nitrogen and oxygen atoms in total. The summed E-state index contributed by atoms with van der Waals surface area (Å²) in [6.07, 6.45) is 11.9. The van der Waals surface area contributed by atoms with Gasteiger partial charge in [-0.1, -0.05) is 78.6 Å². The van der Waals surface area contributed by atoms with Crippen molar-refractivity contribution in [2.24, 2.45) is 5.92 Å². The van der Waals surface area contributed by atoms with Gasteiger partial charge in [-0.25, -0.2) is 0 Å². The Bertz CT molecular complexity index is 906. The number of ether oxygens (including phenoxy) is 2. The van der Waals surface area contributed by atoms with E-state index in [0.29, 0.717) is 43.5 Å². The van der Waals surface area contributed by atoms with Crippen LogP contribution in [0.2, 0.25) is 0 Å². The minimum absolute atomic E-state index is 0.113. The molecule has 0 saturated carbocycles. The lowest BCUT2D eigenvalue weighted by Gasteiger charge is -2.36. The first kappa shape index (κ1) is 32.5. The second-order valence-corrected chi connectivity index (χ2v) is 11.0. The van der Waals surface area contributed by atoms with E-state index in [9.17, 15) is 14.4 Å². The normalized spacial score (nSPS) is 15.1. The van der Waals surface area contributed by atoms with Gasteiger partial charge in [-0.3, -0.25) is 19.7 Å². The summed E-state index contributed by atoms with van der Waals surface area (Å²) in [4.78, 5) is 39.4. The van der Waals surface area contributed by atoms with E-state index in [1.807, 2.05) is 0 Å². The summed E-state index contributed by atoms with van der Waals surface area (Å²) in [5.74, 6) is -0.0444.